The highest BCUT2D eigenvalue weighted by Crippen LogP contribution is 2.26. The van der Waals surface area contributed by atoms with E-state index in [0.29, 0.717) is 10.9 Å². The number of thioether (sulfide) groups is 1. The molecule has 2 rings (SSSR count). The molecule has 0 radical (unpaired) electrons. The summed E-state index contributed by atoms with van der Waals surface area (Å²) in [7, 11) is 3.19. The van der Waals surface area contributed by atoms with Crippen molar-refractivity contribution in [1.82, 2.24) is 4.90 Å². The molecule has 1 aliphatic heterocycles. The van der Waals surface area contributed by atoms with Gasteiger partial charge >= 0.3 is 5.97 Å². The molecule has 0 bridgehead atoms. The average Bonchev–Trinajstić information content (AvgIpc) is 2.50. The highest BCUT2D eigenvalue weighted by molar-refractivity contribution is 8.15. The van der Waals surface area contributed by atoms with Crippen molar-refractivity contribution in [3.8, 4) is 0 Å². The van der Waals surface area contributed by atoms with Gasteiger partial charge in [-0.25, -0.2) is 4.79 Å². The van der Waals surface area contributed by atoms with Gasteiger partial charge in [-0.15, -0.1) is 0 Å². The summed E-state index contributed by atoms with van der Waals surface area (Å²) in [6.07, 6.45) is 0.0965. The van der Waals surface area contributed by atoms with Crippen LogP contribution in [-0.4, -0.2) is 52.3 Å². The number of amidine groups is 1. The number of benzene rings is 1. The first-order valence-electron chi connectivity index (χ1n) is 6.46. The highest BCUT2D eigenvalue weighted by atomic mass is 32.2. The van der Waals surface area contributed by atoms with Gasteiger partial charge in [0, 0.05) is 26.2 Å². The predicted molar refractivity (Wildman–Crippen MR) is 84.2 cm³/mol. The number of nitrogens with zero attached hydrogens (tertiary/aromatic N) is 2. The maximum atomic E-state index is 12.2. The summed E-state index contributed by atoms with van der Waals surface area (Å²) in [6, 6.07) is 5.84. The number of rotatable bonds is 3. The second kappa shape index (κ2) is 6.61. The molecular weight excluding hydrogens is 306 g/mol. The first kappa shape index (κ1) is 16.0. The molecule has 0 aliphatic carbocycles. The van der Waals surface area contributed by atoms with Crippen LogP contribution >= 0.6 is 11.8 Å². The van der Waals surface area contributed by atoms with Crippen LogP contribution in [0.15, 0.2) is 29.3 Å². The Hall–Kier alpha value is -2.35. The summed E-state index contributed by atoms with van der Waals surface area (Å²) in [5, 5.41) is 11.4. The molecule has 1 aliphatic rings. The zero-order valence-electron chi connectivity index (χ0n) is 12.1. The van der Waals surface area contributed by atoms with Crippen LogP contribution in [0, 0.1) is 0 Å². The first-order valence-corrected chi connectivity index (χ1v) is 7.34. The standard InChI is InChI=1S/C14H15N3O4S/c1-15-14-17(2)11(18)7-10(22-14)12(19)16-9-5-3-8(4-6-9)13(20)21/h3-6,10H,7H2,1-2H3,(H,16,19)(H,20,21). The lowest BCUT2D eigenvalue weighted by molar-refractivity contribution is -0.128. The minimum absolute atomic E-state index is 0.0965. The Morgan fingerprint density at radius 1 is 1.36 bits per heavy atom. The van der Waals surface area contributed by atoms with Gasteiger partial charge in [0.15, 0.2) is 5.17 Å². The number of carbonyl (C=O) groups is 3. The van der Waals surface area contributed by atoms with Crippen molar-refractivity contribution >= 4 is 40.4 Å². The lowest BCUT2D eigenvalue weighted by Crippen LogP contribution is -2.43. The van der Waals surface area contributed by atoms with E-state index in [2.05, 4.69) is 10.3 Å². The van der Waals surface area contributed by atoms with E-state index < -0.39 is 11.2 Å². The quantitative estimate of drug-likeness (QED) is 0.873. The van der Waals surface area contributed by atoms with Gasteiger partial charge in [-0.2, -0.15) is 0 Å². The Labute approximate surface area is 131 Å². The van der Waals surface area contributed by atoms with Gasteiger partial charge in [-0.3, -0.25) is 19.5 Å². The number of hydrogen-bond donors (Lipinski definition) is 2. The summed E-state index contributed by atoms with van der Waals surface area (Å²) in [4.78, 5) is 40.3. The maximum absolute atomic E-state index is 12.2. The fourth-order valence-electron chi connectivity index (χ4n) is 1.92. The van der Waals surface area contributed by atoms with E-state index in [4.69, 9.17) is 5.11 Å². The van der Waals surface area contributed by atoms with Gasteiger partial charge in [-0.1, -0.05) is 11.8 Å². The van der Waals surface area contributed by atoms with E-state index in [1.165, 1.54) is 40.9 Å². The molecule has 22 heavy (non-hydrogen) atoms. The fraction of sp³-hybridized carbons (Fsp3) is 0.286. The third-order valence-corrected chi connectivity index (χ3v) is 4.48. The van der Waals surface area contributed by atoms with Crippen LogP contribution in [0.1, 0.15) is 16.8 Å². The zero-order valence-corrected chi connectivity index (χ0v) is 12.9. The molecule has 1 aromatic rings. The van der Waals surface area contributed by atoms with Crippen molar-refractivity contribution in [3.05, 3.63) is 29.8 Å². The second-order valence-corrected chi connectivity index (χ2v) is 5.81. The zero-order chi connectivity index (χ0) is 16.3. The molecule has 1 heterocycles. The molecule has 2 N–H and O–H groups in total. The van der Waals surface area contributed by atoms with Crippen LogP contribution in [0.2, 0.25) is 0 Å². The number of nitrogens with one attached hydrogen (secondary N) is 1. The molecule has 1 unspecified atom stereocenters. The number of aromatic carboxylic acids is 1. The van der Waals surface area contributed by atoms with Crippen LogP contribution in [0.3, 0.4) is 0 Å². The van der Waals surface area contributed by atoms with E-state index in [9.17, 15) is 14.4 Å². The van der Waals surface area contributed by atoms with Crippen molar-refractivity contribution in [1.29, 1.82) is 0 Å². The lowest BCUT2D eigenvalue weighted by Gasteiger charge is -2.28. The Kier molecular flexibility index (Phi) is 4.81. The van der Waals surface area contributed by atoms with Gasteiger partial charge in [0.25, 0.3) is 0 Å². The maximum Gasteiger partial charge on any atom is 0.335 e. The molecule has 0 saturated carbocycles. The number of hydrogen-bond acceptors (Lipinski definition) is 5. The van der Waals surface area contributed by atoms with E-state index in [-0.39, 0.29) is 23.8 Å². The molecule has 1 aromatic carbocycles. The van der Waals surface area contributed by atoms with Crippen molar-refractivity contribution in [2.45, 2.75) is 11.7 Å². The summed E-state index contributed by atoms with van der Waals surface area (Å²) in [5.41, 5.74) is 0.624. The number of amides is 2. The van der Waals surface area contributed by atoms with E-state index in [0.717, 1.165) is 0 Å². The van der Waals surface area contributed by atoms with Gasteiger partial charge < -0.3 is 10.4 Å². The molecule has 116 valence electrons. The summed E-state index contributed by atoms with van der Waals surface area (Å²) < 4.78 is 0. The van der Waals surface area contributed by atoms with Crippen molar-refractivity contribution in [2.75, 3.05) is 19.4 Å². The minimum Gasteiger partial charge on any atom is -0.478 e. The number of anilines is 1. The lowest BCUT2D eigenvalue weighted by atomic mass is 10.2. The van der Waals surface area contributed by atoms with Gasteiger partial charge in [0.05, 0.1) is 5.56 Å². The summed E-state index contributed by atoms with van der Waals surface area (Å²) >= 11 is 1.23. The molecule has 7 nitrogen and oxygen atoms in total. The number of carboxylic acid groups (broad SMARTS) is 1. The van der Waals surface area contributed by atoms with Crippen LogP contribution < -0.4 is 5.32 Å². The van der Waals surface area contributed by atoms with Crippen LogP contribution in [0.4, 0.5) is 5.69 Å². The molecule has 1 fully saturated rings. The molecule has 0 aromatic heterocycles. The van der Waals surface area contributed by atoms with E-state index in [1.54, 1.807) is 14.1 Å². The highest BCUT2D eigenvalue weighted by Gasteiger charge is 2.33. The monoisotopic (exact) mass is 321 g/mol. The van der Waals surface area contributed by atoms with Crippen LogP contribution in [-0.2, 0) is 9.59 Å². The molecule has 0 spiro atoms. The smallest absolute Gasteiger partial charge is 0.335 e. The number of carbonyl (C=O) groups excluding carboxylic acids is 2. The second-order valence-electron chi connectivity index (χ2n) is 4.64. The largest absolute Gasteiger partial charge is 0.478 e. The molecule has 2 amide bonds. The minimum atomic E-state index is -1.03. The number of carboxylic acids is 1. The molecule has 8 heteroatoms. The summed E-state index contributed by atoms with van der Waals surface area (Å²) in [6.45, 7) is 0. The van der Waals surface area contributed by atoms with Crippen molar-refractivity contribution in [3.63, 3.8) is 0 Å². The van der Waals surface area contributed by atoms with Crippen LogP contribution in [0.5, 0.6) is 0 Å². The SMILES string of the molecule is CN=C1SC(C(=O)Nc2ccc(C(=O)O)cc2)CC(=O)N1C. The third kappa shape index (κ3) is 3.45. The Balaban J connectivity index is 2.06. The van der Waals surface area contributed by atoms with Gasteiger partial charge in [-0.05, 0) is 24.3 Å². The van der Waals surface area contributed by atoms with Crippen molar-refractivity contribution in [2.24, 2.45) is 4.99 Å². The Bertz CT molecular complexity index is 642. The van der Waals surface area contributed by atoms with E-state index in [1.807, 2.05) is 0 Å². The Morgan fingerprint density at radius 2 is 2.00 bits per heavy atom. The predicted octanol–water partition coefficient (Wildman–Crippen LogP) is 1.27. The van der Waals surface area contributed by atoms with E-state index >= 15 is 0 Å². The topological polar surface area (TPSA) is 99.1 Å². The van der Waals surface area contributed by atoms with Crippen molar-refractivity contribution < 1.29 is 19.5 Å². The molecule has 1 atom stereocenters. The van der Waals surface area contributed by atoms with Crippen LogP contribution in [0.25, 0.3) is 0 Å². The summed E-state index contributed by atoms with van der Waals surface area (Å²) in [5.74, 6) is -1.51. The first-order chi connectivity index (χ1) is 10.4. The molecule has 1 saturated heterocycles. The Morgan fingerprint density at radius 3 is 2.55 bits per heavy atom. The number of aliphatic imine (C=N–C) groups is 1. The third-order valence-electron chi connectivity index (χ3n) is 3.15. The normalized spacial score (nSPS) is 20.1. The van der Waals surface area contributed by atoms with Gasteiger partial charge in [0.1, 0.15) is 5.25 Å². The average molecular weight is 321 g/mol. The fourth-order valence-corrected chi connectivity index (χ4v) is 2.93. The molecular formula is C14H15N3O4S. The van der Waals surface area contributed by atoms with Gasteiger partial charge in [0.2, 0.25) is 11.8 Å².